The highest BCUT2D eigenvalue weighted by molar-refractivity contribution is 6.92. The van der Waals surface area contributed by atoms with Crippen molar-refractivity contribution in [2.75, 3.05) is 7.05 Å². The van der Waals surface area contributed by atoms with E-state index in [1.54, 1.807) is 0 Å². The van der Waals surface area contributed by atoms with Gasteiger partial charge in [0.2, 0.25) is 0 Å². The second-order valence-corrected chi connectivity index (χ2v) is 4.99. The molecule has 0 unspecified atom stereocenters. The molecule has 0 aromatic heterocycles. The molecule has 0 aromatic carbocycles. The van der Waals surface area contributed by atoms with Crippen molar-refractivity contribution in [3.63, 3.8) is 0 Å². The lowest BCUT2D eigenvalue weighted by molar-refractivity contribution is 0.233. The van der Waals surface area contributed by atoms with Crippen molar-refractivity contribution in [2.24, 2.45) is 0 Å². The van der Waals surface area contributed by atoms with Crippen LogP contribution < -0.4 is 10.6 Å². The second-order valence-electron chi connectivity index (χ2n) is 4.99. The fraction of sp³-hybridized carbons (Fsp3) is 0.800. The summed E-state index contributed by atoms with van der Waals surface area (Å²) in [5.74, 6) is -0.345. The van der Waals surface area contributed by atoms with E-state index >= 15 is 0 Å². The predicted octanol–water partition coefficient (Wildman–Crippen LogP) is 0.757. The molecule has 85 valence electrons. The van der Waals surface area contributed by atoms with Crippen LogP contribution in [0.4, 0.5) is 4.79 Å². The van der Waals surface area contributed by atoms with Gasteiger partial charge in [0.25, 0.3) is 0 Å². The Morgan fingerprint density at radius 2 is 1.80 bits per heavy atom. The average Bonchev–Trinajstić information content (AvgIpc) is 2.01. The van der Waals surface area contributed by atoms with Crippen molar-refractivity contribution in [1.82, 2.24) is 10.6 Å². The molecular formula is C10H20BN2O2. The van der Waals surface area contributed by atoms with Gasteiger partial charge in [0.05, 0.1) is 6.19 Å². The molecule has 0 atom stereocenters. The highest BCUT2D eigenvalue weighted by Gasteiger charge is 2.28. The van der Waals surface area contributed by atoms with Gasteiger partial charge in [-0.3, -0.25) is 4.79 Å². The summed E-state index contributed by atoms with van der Waals surface area (Å²) in [6.07, 6.45) is 1.27. The third kappa shape index (κ3) is 6.28. The van der Waals surface area contributed by atoms with Crippen molar-refractivity contribution in [3.8, 4) is 0 Å². The first-order valence-electron chi connectivity index (χ1n) is 5.02. The van der Waals surface area contributed by atoms with E-state index in [4.69, 9.17) is 0 Å². The van der Waals surface area contributed by atoms with E-state index in [1.807, 2.05) is 20.9 Å². The van der Waals surface area contributed by atoms with Gasteiger partial charge in [-0.05, 0) is 41.2 Å². The summed E-state index contributed by atoms with van der Waals surface area (Å²) in [7, 11) is 2.88. The van der Waals surface area contributed by atoms with Crippen molar-refractivity contribution < 1.29 is 9.59 Å². The molecule has 0 saturated heterocycles. The Balaban J connectivity index is 4.29. The van der Waals surface area contributed by atoms with Crippen molar-refractivity contribution in [1.29, 1.82) is 0 Å². The van der Waals surface area contributed by atoms with Crippen LogP contribution in [0.25, 0.3) is 0 Å². The predicted molar refractivity (Wildman–Crippen MR) is 62.9 cm³/mol. The van der Waals surface area contributed by atoms with Gasteiger partial charge in [0.1, 0.15) is 0 Å². The van der Waals surface area contributed by atoms with E-state index in [0.717, 1.165) is 13.7 Å². The Kier molecular flexibility index (Phi) is 5.01. The topological polar surface area (TPSA) is 58.2 Å². The molecule has 0 aromatic rings. The highest BCUT2D eigenvalue weighted by atomic mass is 16.1. The van der Waals surface area contributed by atoms with E-state index in [9.17, 15) is 9.59 Å². The van der Waals surface area contributed by atoms with Crippen LogP contribution >= 0.6 is 0 Å². The van der Waals surface area contributed by atoms with Gasteiger partial charge in [0.15, 0.2) is 5.81 Å². The van der Waals surface area contributed by atoms with Gasteiger partial charge in [-0.1, -0.05) is 0 Å². The van der Waals surface area contributed by atoms with Crippen LogP contribution in [0.15, 0.2) is 0 Å². The zero-order chi connectivity index (χ0) is 12.1. The van der Waals surface area contributed by atoms with Gasteiger partial charge in [-0.25, -0.2) is 0 Å². The van der Waals surface area contributed by atoms with Crippen LogP contribution in [0.3, 0.4) is 0 Å². The first-order chi connectivity index (χ1) is 6.72. The Bertz CT molecular complexity index is 240. The van der Waals surface area contributed by atoms with Crippen LogP contribution in [0.1, 0.15) is 34.1 Å². The molecule has 4 nitrogen and oxygen atoms in total. The summed E-state index contributed by atoms with van der Waals surface area (Å²) in [6.45, 7) is 7.99. The van der Waals surface area contributed by atoms with Crippen LogP contribution in [0.5, 0.6) is 0 Å². The standard InChI is InChI=1S/C10H20BN2O2/c1-9(2,12-5)6-10(3,4)13-8(15)11-7-14/h7,12H,6H2,1-5H3,(H,13,15). The maximum Gasteiger partial charge on any atom is 0.315 e. The number of amides is 1. The molecule has 0 saturated carbocycles. The maximum absolute atomic E-state index is 11.2. The highest BCUT2D eigenvalue weighted by Crippen LogP contribution is 2.19. The first-order valence-corrected chi connectivity index (χ1v) is 5.02. The minimum atomic E-state index is -0.345. The molecule has 1 radical (unpaired) electrons. The lowest BCUT2D eigenvalue weighted by Crippen LogP contribution is -2.52. The molecule has 0 fully saturated rings. The van der Waals surface area contributed by atoms with E-state index in [-0.39, 0.29) is 16.9 Å². The van der Waals surface area contributed by atoms with Gasteiger partial charge in [0, 0.05) is 11.1 Å². The number of hydrogen-bond donors (Lipinski definition) is 2. The summed E-state index contributed by atoms with van der Waals surface area (Å²) in [4.78, 5) is 21.3. The van der Waals surface area contributed by atoms with Crippen LogP contribution in [-0.2, 0) is 4.79 Å². The minimum Gasteiger partial charge on any atom is -0.360 e. The van der Waals surface area contributed by atoms with Gasteiger partial charge in [-0.15, -0.1) is 0 Å². The quantitative estimate of drug-likeness (QED) is 0.503. The molecule has 5 heteroatoms. The third-order valence-electron chi connectivity index (χ3n) is 2.24. The SMILES string of the molecule is CNC(C)(C)CC(C)(C)NC(=O)[B]C=O. The number of carbonyl (C=O) groups excluding carboxylic acids is 2. The smallest absolute Gasteiger partial charge is 0.315 e. The fourth-order valence-electron chi connectivity index (χ4n) is 1.67. The molecule has 2 N–H and O–H groups in total. The molecule has 0 aliphatic rings. The fourth-order valence-corrected chi connectivity index (χ4v) is 1.67. The molecule has 0 spiro atoms. The summed E-state index contributed by atoms with van der Waals surface area (Å²) in [6, 6.07) is 0. The van der Waals surface area contributed by atoms with E-state index < -0.39 is 0 Å². The number of rotatable bonds is 6. The Morgan fingerprint density at radius 3 is 2.20 bits per heavy atom. The maximum atomic E-state index is 11.2. The van der Waals surface area contributed by atoms with Gasteiger partial charge in [-0.2, -0.15) is 0 Å². The summed E-state index contributed by atoms with van der Waals surface area (Å²) < 4.78 is 0. The summed E-state index contributed by atoms with van der Waals surface area (Å²) in [5.41, 5.74) is -0.402. The van der Waals surface area contributed by atoms with Crippen molar-refractivity contribution in [2.45, 2.75) is 45.2 Å². The van der Waals surface area contributed by atoms with Gasteiger partial charge >= 0.3 is 7.28 Å². The van der Waals surface area contributed by atoms with E-state index in [2.05, 4.69) is 24.5 Å². The molecule has 0 bridgehead atoms. The molecule has 15 heavy (non-hydrogen) atoms. The molecule has 0 heterocycles. The van der Waals surface area contributed by atoms with Crippen molar-refractivity contribution >= 4 is 19.3 Å². The largest absolute Gasteiger partial charge is 0.360 e. The lowest BCUT2D eigenvalue weighted by Gasteiger charge is -2.35. The normalized spacial score (nSPS) is 12.1. The Hall–Kier alpha value is -0.835. The molecule has 0 rings (SSSR count). The number of hydrogen-bond acceptors (Lipinski definition) is 3. The summed E-state index contributed by atoms with van der Waals surface area (Å²) in [5, 5.41) is 5.95. The summed E-state index contributed by atoms with van der Waals surface area (Å²) >= 11 is 0. The number of carbonyl (C=O) groups is 2. The lowest BCUT2D eigenvalue weighted by atomic mass is 9.78. The van der Waals surface area contributed by atoms with Crippen LogP contribution in [-0.4, -0.2) is 37.4 Å². The first kappa shape index (κ1) is 14.2. The average molecular weight is 211 g/mol. The zero-order valence-electron chi connectivity index (χ0n) is 10.2. The number of nitrogens with one attached hydrogen (secondary N) is 2. The Morgan fingerprint density at radius 1 is 1.27 bits per heavy atom. The van der Waals surface area contributed by atoms with Gasteiger partial charge < -0.3 is 15.4 Å². The monoisotopic (exact) mass is 211 g/mol. The molecule has 0 aliphatic heterocycles. The van der Waals surface area contributed by atoms with E-state index in [0.29, 0.717) is 6.19 Å². The minimum absolute atomic E-state index is 0.0576. The molecular weight excluding hydrogens is 191 g/mol. The second kappa shape index (κ2) is 5.30. The van der Waals surface area contributed by atoms with Crippen molar-refractivity contribution in [3.05, 3.63) is 0 Å². The molecule has 1 amide bonds. The van der Waals surface area contributed by atoms with Crippen LogP contribution in [0, 0.1) is 0 Å². The zero-order valence-corrected chi connectivity index (χ0v) is 10.2. The molecule has 0 aliphatic carbocycles. The van der Waals surface area contributed by atoms with E-state index in [1.165, 1.54) is 0 Å². The van der Waals surface area contributed by atoms with Crippen LogP contribution in [0.2, 0.25) is 0 Å². The Labute approximate surface area is 92.4 Å². The third-order valence-corrected chi connectivity index (χ3v) is 2.24.